The Kier molecular flexibility index (Phi) is 4.80. The quantitative estimate of drug-likeness (QED) is 0.913. The van der Waals surface area contributed by atoms with Crippen LogP contribution in [0, 0.1) is 6.92 Å². The van der Waals surface area contributed by atoms with E-state index >= 15 is 0 Å². The van der Waals surface area contributed by atoms with E-state index in [0.717, 1.165) is 17.7 Å². The van der Waals surface area contributed by atoms with Crippen molar-refractivity contribution in [3.8, 4) is 5.75 Å². The molecule has 3 nitrogen and oxygen atoms in total. The van der Waals surface area contributed by atoms with Crippen LogP contribution >= 0.6 is 22.9 Å². The second-order valence-electron chi connectivity index (χ2n) is 4.33. The van der Waals surface area contributed by atoms with E-state index in [0.29, 0.717) is 17.4 Å². The van der Waals surface area contributed by atoms with Crippen molar-refractivity contribution in [2.75, 3.05) is 6.61 Å². The first-order chi connectivity index (χ1) is 9.08. The van der Waals surface area contributed by atoms with Gasteiger partial charge in [0.15, 0.2) is 0 Å². The van der Waals surface area contributed by atoms with Crippen LogP contribution in [0.5, 0.6) is 5.75 Å². The molecule has 0 amide bonds. The lowest BCUT2D eigenvalue weighted by atomic mass is 10.1. The third-order valence-electron chi connectivity index (χ3n) is 2.87. The number of thiazole rings is 1. The number of hydrogen-bond acceptors (Lipinski definition) is 4. The molecule has 0 saturated carbocycles. The first kappa shape index (κ1) is 14.3. The Labute approximate surface area is 121 Å². The topological polar surface area (TPSA) is 42.4 Å². The highest BCUT2D eigenvalue weighted by Gasteiger charge is 2.07. The third-order valence-corrected chi connectivity index (χ3v) is 4.16. The minimum Gasteiger partial charge on any atom is -0.492 e. The molecule has 0 aliphatic heterocycles. The molecule has 0 aliphatic rings. The first-order valence-corrected chi connectivity index (χ1v) is 7.33. The number of benzene rings is 1. The molecule has 0 aliphatic carbocycles. The SMILES string of the molecule is Cc1ncsc1CCOc1ccc(C(C)O)cc1Cl. The number of aromatic nitrogens is 1. The zero-order valence-corrected chi connectivity index (χ0v) is 12.5. The van der Waals surface area contributed by atoms with Gasteiger partial charge >= 0.3 is 0 Å². The van der Waals surface area contributed by atoms with E-state index in [1.807, 2.05) is 18.5 Å². The maximum atomic E-state index is 9.47. The number of ether oxygens (including phenoxy) is 1. The van der Waals surface area contributed by atoms with E-state index in [4.69, 9.17) is 16.3 Å². The molecule has 1 unspecified atom stereocenters. The molecule has 1 aromatic carbocycles. The molecule has 0 spiro atoms. The number of hydrogen-bond donors (Lipinski definition) is 1. The summed E-state index contributed by atoms with van der Waals surface area (Å²) in [6, 6.07) is 5.35. The van der Waals surface area contributed by atoms with Gasteiger partial charge in [0.25, 0.3) is 0 Å². The summed E-state index contributed by atoms with van der Waals surface area (Å²) in [5, 5.41) is 9.99. The number of rotatable bonds is 5. The van der Waals surface area contributed by atoms with Gasteiger partial charge in [0.2, 0.25) is 0 Å². The number of aliphatic hydroxyl groups is 1. The van der Waals surface area contributed by atoms with Crippen LogP contribution in [0.25, 0.3) is 0 Å². The van der Waals surface area contributed by atoms with Gasteiger partial charge in [-0.2, -0.15) is 0 Å². The van der Waals surface area contributed by atoms with Crippen molar-refractivity contribution in [2.24, 2.45) is 0 Å². The van der Waals surface area contributed by atoms with Gasteiger partial charge in [-0.15, -0.1) is 11.3 Å². The lowest BCUT2D eigenvalue weighted by Gasteiger charge is -2.10. The molecule has 1 heterocycles. The zero-order chi connectivity index (χ0) is 13.8. The Morgan fingerprint density at radius 2 is 2.26 bits per heavy atom. The lowest BCUT2D eigenvalue weighted by Crippen LogP contribution is -2.02. The Bertz CT molecular complexity index is 554. The van der Waals surface area contributed by atoms with Gasteiger partial charge in [0.1, 0.15) is 5.75 Å². The molecule has 19 heavy (non-hydrogen) atoms. The number of aryl methyl sites for hydroxylation is 1. The number of nitrogens with zero attached hydrogens (tertiary/aromatic N) is 1. The summed E-state index contributed by atoms with van der Waals surface area (Å²) in [5.74, 6) is 0.647. The van der Waals surface area contributed by atoms with Crippen LogP contribution in [-0.2, 0) is 6.42 Å². The molecular formula is C14H16ClNO2S. The van der Waals surface area contributed by atoms with Crippen LogP contribution in [0.1, 0.15) is 29.2 Å². The largest absolute Gasteiger partial charge is 0.492 e. The molecular weight excluding hydrogens is 282 g/mol. The van der Waals surface area contributed by atoms with E-state index in [-0.39, 0.29) is 0 Å². The molecule has 1 aromatic heterocycles. The molecule has 1 atom stereocenters. The molecule has 5 heteroatoms. The summed E-state index contributed by atoms with van der Waals surface area (Å²) in [6.07, 6.45) is 0.303. The summed E-state index contributed by atoms with van der Waals surface area (Å²) < 4.78 is 5.67. The van der Waals surface area contributed by atoms with Crippen LogP contribution < -0.4 is 4.74 Å². The van der Waals surface area contributed by atoms with Crippen LogP contribution in [0.2, 0.25) is 5.02 Å². The minimum atomic E-state index is -0.522. The molecule has 0 saturated heterocycles. The molecule has 102 valence electrons. The van der Waals surface area contributed by atoms with Crippen molar-refractivity contribution < 1.29 is 9.84 Å². The van der Waals surface area contributed by atoms with Gasteiger partial charge in [-0.3, -0.25) is 0 Å². The average molecular weight is 298 g/mol. The fourth-order valence-corrected chi connectivity index (χ4v) is 2.72. The first-order valence-electron chi connectivity index (χ1n) is 6.07. The maximum absolute atomic E-state index is 9.47. The third kappa shape index (κ3) is 3.69. The molecule has 2 aromatic rings. The fraction of sp³-hybridized carbons (Fsp3) is 0.357. The summed E-state index contributed by atoms with van der Waals surface area (Å²) in [6.45, 7) is 4.27. The van der Waals surface area contributed by atoms with Crippen molar-refractivity contribution in [3.63, 3.8) is 0 Å². The second-order valence-corrected chi connectivity index (χ2v) is 5.67. The van der Waals surface area contributed by atoms with Crippen LogP contribution in [0.3, 0.4) is 0 Å². The fourth-order valence-electron chi connectivity index (χ4n) is 1.71. The van der Waals surface area contributed by atoms with Gasteiger partial charge in [0.05, 0.1) is 28.9 Å². The number of halogens is 1. The predicted octanol–water partition coefficient (Wildman–Crippen LogP) is 3.78. The minimum absolute atomic E-state index is 0.522. The van der Waals surface area contributed by atoms with Gasteiger partial charge in [-0.1, -0.05) is 17.7 Å². The molecule has 0 bridgehead atoms. The molecule has 0 radical (unpaired) electrons. The Balaban J connectivity index is 1.95. The van der Waals surface area contributed by atoms with E-state index in [1.54, 1.807) is 30.4 Å². The van der Waals surface area contributed by atoms with Crippen LogP contribution in [-0.4, -0.2) is 16.7 Å². The number of aliphatic hydroxyl groups excluding tert-OH is 1. The summed E-state index contributed by atoms with van der Waals surface area (Å²) >= 11 is 7.76. The van der Waals surface area contributed by atoms with Gasteiger partial charge in [0, 0.05) is 11.3 Å². The summed E-state index contributed by atoms with van der Waals surface area (Å²) in [4.78, 5) is 5.43. The van der Waals surface area contributed by atoms with Crippen molar-refractivity contribution in [1.29, 1.82) is 0 Å². The van der Waals surface area contributed by atoms with Crippen LogP contribution in [0.4, 0.5) is 0 Å². The highest BCUT2D eigenvalue weighted by atomic mass is 35.5. The smallest absolute Gasteiger partial charge is 0.137 e. The lowest BCUT2D eigenvalue weighted by molar-refractivity contribution is 0.199. The van der Waals surface area contributed by atoms with E-state index in [9.17, 15) is 5.11 Å². The predicted molar refractivity (Wildman–Crippen MR) is 78.1 cm³/mol. The summed E-state index contributed by atoms with van der Waals surface area (Å²) in [7, 11) is 0. The standard InChI is InChI=1S/C14H16ClNO2S/c1-9-14(19-8-16-9)5-6-18-13-4-3-11(10(2)17)7-12(13)15/h3-4,7-8,10,17H,5-6H2,1-2H3. The molecule has 0 fully saturated rings. The van der Waals surface area contributed by atoms with Crippen molar-refractivity contribution in [3.05, 3.63) is 44.9 Å². The summed E-state index contributed by atoms with van der Waals surface area (Å²) in [5.41, 5.74) is 3.69. The van der Waals surface area contributed by atoms with Crippen molar-refractivity contribution in [2.45, 2.75) is 26.4 Å². The Hall–Kier alpha value is -1.10. The van der Waals surface area contributed by atoms with Gasteiger partial charge < -0.3 is 9.84 Å². The highest BCUT2D eigenvalue weighted by Crippen LogP contribution is 2.28. The molecule has 2 rings (SSSR count). The maximum Gasteiger partial charge on any atom is 0.137 e. The van der Waals surface area contributed by atoms with Crippen LogP contribution in [0.15, 0.2) is 23.7 Å². The van der Waals surface area contributed by atoms with Gasteiger partial charge in [-0.05, 0) is 31.5 Å². The molecule has 1 N–H and O–H groups in total. The van der Waals surface area contributed by atoms with E-state index < -0.39 is 6.10 Å². The normalized spacial score (nSPS) is 12.4. The van der Waals surface area contributed by atoms with Gasteiger partial charge in [-0.25, -0.2) is 4.98 Å². The van der Waals surface area contributed by atoms with Crippen molar-refractivity contribution in [1.82, 2.24) is 4.98 Å². The second kappa shape index (κ2) is 6.37. The van der Waals surface area contributed by atoms with E-state index in [2.05, 4.69) is 4.98 Å². The van der Waals surface area contributed by atoms with E-state index in [1.165, 1.54) is 4.88 Å². The Morgan fingerprint density at radius 1 is 1.47 bits per heavy atom. The zero-order valence-electron chi connectivity index (χ0n) is 10.9. The van der Waals surface area contributed by atoms with Crippen molar-refractivity contribution >= 4 is 22.9 Å². The Morgan fingerprint density at radius 3 is 2.84 bits per heavy atom. The monoisotopic (exact) mass is 297 g/mol. The average Bonchev–Trinajstić information content (AvgIpc) is 2.77. The highest BCUT2D eigenvalue weighted by molar-refractivity contribution is 7.09.